The van der Waals surface area contributed by atoms with Gasteiger partial charge in [-0.15, -0.1) is 13.2 Å². The summed E-state index contributed by atoms with van der Waals surface area (Å²) >= 11 is 1.66. The van der Waals surface area contributed by atoms with Gasteiger partial charge in [-0.2, -0.15) is 11.8 Å². The number of carbonyl (C=O) groups excluding carboxylic acids is 1. The molecule has 4 rings (SSSR count). The van der Waals surface area contributed by atoms with Crippen LogP contribution in [0.25, 0.3) is 11.0 Å². The molecule has 0 fully saturated rings. The number of amides is 1. The van der Waals surface area contributed by atoms with E-state index in [9.17, 15) is 18.0 Å². The van der Waals surface area contributed by atoms with Gasteiger partial charge >= 0.3 is 6.36 Å². The van der Waals surface area contributed by atoms with Crippen LogP contribution < -0.4 is 10.1 Å². The van der Waals surface area contributed by atoms with Crippen molar-refractivity contribution in [3.8, 4) is 5.75 Å². The molecule has 164 valence electrons. The maximum Gasteiger partial charge on any atom is 0.573 e. The third-order valence-corrected chi connectivity index (χ3v) is 5.64. The summed E-state index contributed by atoms with van der Waals surface area (Å²) < 4.78 is 46.6. The number of para-hydroxylation sites is 1. The number of nitrogens with one attached hydrogen (secondary N) is 1. The Labute approximate surface area is 186 Å². The van der Waals surface area contributed by atoms with Crippen LogP contribution in [0, 0.1) is 0 Å². The van der Waals surface area contributed by atoms with E-state index >= 15 is 0 Å². The van der Waals surface area contributed by atoms with Gasteiger partial charge in [-0.3, -0.25) is 4.79 Å². The number of benzene rings is 3. The van der Waals surface area contributed by atoms with Crippen molar-refractivity contribution in [1.82, 2.24) is 0 Å². The van der Waals surface area contributed by atoms with Crippen molar-refractivity contribution in [3.63, 3.8) is 0 Å². The second kappa shape index (κ2) is 9.40. The number of alkyl halides is 3. The molecule has 0 atom stereocenters. The summed E-state index contributed by atoms with van der Waals surface area (Å²) in [7, 11) is 0. The Kier molecular flexibility index (Phi) is 6.41. The van der Waals surface area contributed by atoms with E-state index < -0.39 is 12.3 Å². The second-order valence-electron chi connectivity index (χ2n) is 6.91. The molecule has 0 bridgehead atoms. The molecule has 32 heavy (non-hydrogen) atoms. The number of hydrogen-bond acceptors (Lipinski definition) is 4. The minimum atomic E-state index is -4.77. The normalized spacial score (nSPS) is 11.5. The minimum absolute atomic E-state index is 0.183. The van der Waals surface area contributed by atoms with E-state index in [4.69, 9.17) is 4.42 Å². The summed E-state index contributed by atoms with van der Waals surface area (Å²) in [6.45, 7) is 0. The minimum Gasteiger partial charge on any atom is -0.451 e. The summed E-state index contributed by atoms with van der Waals surface area (Å²) in [5, 5.41) is 3.53. The zero-order valence-corrected chi connectivity index (χ0v) is 17.5. The maximum absolute atomic E-state index is 12.9. The van der Waals surface area contributed by atoms with Gasteiger partial charge < -0.3 is 14.5 Å². The third kappa shape index (κ3) is 5.45. The standard InChI is InChI=1S/C24H18F3NO3S/c25-24(26,27)31-18-12-10-17(11-13-18)28-23(29)22-20(19-8-4-5-9-21(19)30-22)15-32-14-16-6-2-1-3-7-16/h1-13H,14-15H2,(H,28,29). The number of thioether (sulfide) groups is 1. The molecule has 0 aliphatic heterocycles. The Morgan fingerprint density at radius 1 is 0.906 bits per heavy atom. The van der Waals surface area contributed by atoms with Crippen LogP contribution in [0.5, 0.6) is 5.75 Å². The highest BCUT2D eigenvalue weighted by atomic mass is 32.2. The maximum atomic E-state index is 12.9. The van der Waals surface area contributed by atoms with Gasteiger partial charge in [0.2, 0.25) is 0 Å². The van der Waals surface area contributed by atoms with Gasteiger partial charge in [0.1, 0.15) is 11.3 Å². The van der Waals surface area contributed by atoms with E-state index in [1.807, 2.05) is 48.5 Å². The summed E-state index contributed by atoms with van der Waals surface area (Å²) in [6, 6.07) is 22.4. The number of furan rings is 1. The highest BCUT2D eigenvalue weighted by Crippen LogP contribution is 2.31. The molecule has 1 N–H and O–H groups in total. The Hall–Kier alpha value is -3.39. The first-order valence-corrected chi connectivity index (χ1v) is 10.8. The van der Waals surface area contributed by atoms with Gasteiger partial charge in [0.05, 0.1) is 0 Å². The molecule has 1 amide bonds. The lowest BCUT2D eigenvalue weighted by Gasteiger charge is -2.10. The number of anilines is 1. The molecule has 0 radical (unpaired) electrons. The zero-order valence-electron chi connectivity index (χ0n) is 16.7. The molecule has 3 aromatic carbocycles. The molecule has 4 aromatic rings. The summed E-state index contributed by atoms with van der Waals surface area (Å²) in [5.41, 5.74) is 2.88. The van der Waals surface area contributed by atoms with Crippen molar-refractivity contribution in [2.45, 2.75) is 17.9 Å². The molecule has 0 unspecified atom stereocenters. The van der Waals surface area contributed by atoms with Crippen molar-refractivity contribution < 1.29 is 27.1 Å². The molecule has 4 nitrogen and oxygen atoms in total. The lowest BCUT2D eigenvalue weighted by atomic mass is 10.1. The van der Waals surface area contributed by atoms with E-state index in [0.717, 1.165) is 28.8 Å². The fourth-order valence-electron chi connectivity index (χ4n) is 3.20. The molecular formula is C24H18F3NO3S. The highest BCUT2D eigenvalue weighted by molar-refractivity contribution is 7.97. The SMILES string of the molecule is O=C(Nc1ccc(OC(F)(F)F)cc1)c1oc2ccccc2c1CSCc1ccccc1. The van der Waals surface area contributed by atoms with Gasteiger partial charge in [0, 0.05) is 28.1 Å². The topological polar surface area (TPSA) is 51.5 Å². The smallest absolute Gasteiger partial charge is 0.451 e. The first kappa shape index (κ1) is 21.8. The molecule has 1 aromatic heterocycles. The fraction of sp³-hybridized carbons (Fsp3) is 0.125. The highest BCUT2D eigenvalue weighted by Gasteiger charge is 2.31. The van der Waals surface area contributed by atoms with Crippen molar-refractivity contribution in [2.24, 2.45) is 0 Å². The van der Waals surface area contributed by atoms with Crippen molar-refractivity contribution >= 4 is 34.3 Å². The number of fused-ring (bicyclic) bond motifs is 1. The Morgan fingerprint density at radius 3 is 2.31 bits per heavy atom. The summed E-state index contributed by atoms with van der Waals surface area (Å²) in [4.78, 5) is 12.9. The largest absolute Gasteiger partial charge is 0.573 e. The third-order valence-electron chi connectivity index (χ3n) is 4.61. The first-order valence-electron chi connectivity index (χ1n) is 9.68. The van der Waals surface area contributed by atoms with E-state index in [2.05, 4.69) is 10.1 Å². The summed E-state index contributed by atoms with van der Waals surface area (Å²) in [5.74, 6) is 0.690. The van der Waals surface area contributed by atoms with E-state index in [-0.39, 0.29) is 11.5 Å². The first-order chi connectivity index (χ1) is 15.4. The van der Waals surface area contributed by atoms with E-state index in [1.165, 1.54) is 17.7 Å². The van der Waals surface area contributed by atoms with Gasteiger partial charge in [-0.05, 0) is 35.9 Å². The van der Waals surface area contributed by atoms with Crippen LogP contribution in [0.1, 0.15) is 21.7 Å². The van der Waals surface area contributed by atoms with Gasteiger partial charge in [0.15, 0.2) is 5.76 Å². The van der Waals surface area contributed by atoms with Crippen LogP contribution in [-0.2, 0) is 11.5 Å². The Morgan fingerprint density at radius 2 is 1.59 bits per heavy atom. The quantitative estimate of drug-likeness (QED) is 0.324. The van der Waals surface area contributed by atoms with Crippen LogP contribution in [0.15, 0.2) is 83.3 Å². The molecular weight excluding hydrogens is 439 g/mol. The average molecular weight is 457 g/mol. The molecule has 0 aliphatic carbocycles. The fourth-order valence-corrected chi connectivity index (χ4v) is 4.22. The van der Waals surface area contributed by atoms with Crippen molar-refractivity contribution in [3.05, 3.63) is 95.7 Å². The lowest BCUT2D eigenvalue weighted by molar-refractivity contribution is -0.274. The Bertz CT molecular complexity index is 1200. The van der Waals surface area contributed by atoms with Gasteiger partial charge in [0.25, 0.3) is 5.91 Å². The second-order valence-corrected chi connectivity index (χ2v) is 7.90. The Balaban J connectivity index is 1.51. The predicted octanol–water partition coefficient (Wildman–Crippen LogP) is 7.02. The molecule has 0 spiro atoms. The number of halogens is 3. The van der Waals surface area contributed by atoms with Crippen molar-refractivity contribution in [1.29, 1.82) is 0 Å². The predicted molar refractivity (Wildman–Crippen MR) is 119 cm³/mol. The molecule has 0 saturated carbocycles. The number of rotatable bonds is 7. The number of carbonyl (C=O) groups is 1. The van der Waals surface area contributed by atoms with Crippen LogP contribution in [0.3, 0.4) is 0 Å². The monoisotopic (exact) mass is 457 g/mol. The van der Waals surface area contributed by atoms with Crippen LogP contribution >= 0.6 is 11.8 Å². The van der Waals surface area contributed by atoms with Crippen LogP contribution in [-0.4, -0.2) is 12.3 Å². The van der Waals surface area contributed by atoms with E-state index in [1.54, 1.807) is 17.8 Å². The molecule has 0 aliphatic rings. The molecule has 0 saturated heterocycles. The van der Waals surface area contributed by atoms with Gasteiger partial charge in [-0.1, -0.05) is 48.5 Å². The number of ether oxygens (including phenoxy) is 1. The zero-order chi connectivity index (χ0) is 22.6. The summed E-state index contributed by atoms with van der Waals surface area (Å²) in [6.07, 6.45) is -4.77. The van der Waals surface area contributed by atoms with Crippen LogP contribution in [0.4, 0.5) is 18.9 Å². The van der Waals surface area contributed by atoms with Crippen LogP contribution in [0.2, 0.25) is 0 Å². The average Bonchev–Trinajstić information content (AvgIpc) is 3.14. The van der Waals surface area contributed by atoms with E-state index in [0.29, 0.717) is 17.0 Å². The lowest BCUT2D eigenvalue weighted by Crippen LogP contribution is -2.17. The number of hydrogen-bond donors (Lipinski definition) is 1. The molecule has 8 heteroatoms. The van der Waals surface area contributed by atoms with Gasteiger partial charge in [-0.25, -0.2) is 0 Å². The molecule has 1 heterocycles. The van der Waals surface area contributed by atoms with Crippen molar-refractivity contribution in [2.75, 3.05) is 5.32 Å².